The Bertz CT molecular complexity index is 461. The van der Waals surface area contributed by atoms with E-state index in [2.05, 4.69) is 17.1 Å². The highest BCUT2D eigenvalue weighted by molar-refractivity contribution is 5.91. The minimum atomic E-state index is 0.0730. The fourth-order valence-corrected chi connectivity index (χ4v) is 2.85. The van der Waals surface area contributed by atoms with Crippen molar-refractivity contribution in [2.24, 2.45) is 5.92 Å². The van der Waals surface area contributed by atoms with Gasteiger partial charge in [-0.05, 0) is 69.4 Å². The molecule has 1 atom stereocenters. The SMILES string of the molecule is CC1CCCN(CCCC(=O)Nc2cccc(N)c2)CC1. The first kappa shape index (κ1) is 15.8. The van der Waals surface area contributed by atoms with E-state index in [4.69, 9.17) is 5.73 Å². The Balaban J connectivity index is 1.67. The number of amides is 1. The van der Waals surface area contributed by atoms with Gasteiger partial charge in [0.25, 0.3) is 0 Å². The fourth-order valence-electron chi connectivity index (χ4n) is 2.85. The molecule has 0 aliphatic carbocycles. The largest absolute Gasteiger partial charge is 0.399 e. The van der Waals surface area contributed by atoms with Gasteiger partial charge in [-0.1, -0.05) is 13.0 Å². The van der Waals surface area contributed by atoms with Gasteiger partial charge in [0.15, 0.2) is 0 Å². The molecule has 0 radical (unpaired) electrons. The van der Waals surface area contributed by atoms with Gasteiger partial charge in [-0.15, -0.1) is 0 Å². The van der Waals surface area contributed by atoms with E-state index >= 15 is 0 Å². The van der Waals surface area contributed by atoms with Crippen LogP contribution in [0.2, 0.25) is 0 Å². The molecule has 4 nitrogen and oxygen atoms in total. The average molecular weight is 289 g/mol. The molecular formula is C17H27N3O. The number of hydrogen-bond donors (Lipinski definition) is 2. The molecular weight excluding hydrogens is 262 g/mol. The number of nitrogens with zero attached hydrogens (tertiary/aromatic N) is 1. The third-order valence-electron chi connectivity index (χ3n) is 4.16. The van der Waals surface area contributed by atoms with E-state index in [-0.39, 0.29) is 5.91 Å². The molecule has 4 heteroatoms. The third-order valence-corrected chi connectivity index (χ3v) is 4.16. The Morgan fingerprint density at radius 1 is 1.38 bits per heavy atom. The number of hydrogen-bond acceptors (Lipinski definition) is 3. The number of carbonyl (C=O) groups is 1. The zero-order valence-electron chi connectivity index (χ0n) is 13.0. The summed E-state index contributed by atoms with van der Waals surface area (Å²) in [5, 5.41) is 2.90. The van der Waals surface area contributed by atoms with Crippen molar-refractivity contribution in [3.63, 3.8) is 0 Å². The van der Waals surface area contributed by atoms with Crippen LogP contribution in [0.25, 0.3) is 0 Å². The van der Waals surface area contributed by atoms with Crippen LogP contribution in [0, 0.1) is 5.92 Å². The fraction of sp³-hybridized carbons (Fsp3) is 0.588. The number of rotatable bonds is 5. The Morgan fingerprint density at radius 3 is 3.05 bits per heavy atom. The van der Waals surface area contributed by atoms with Gasteiger partial charge >= 0.3 is 0 Å². The lowest BCUT2D eigenvalue weighted by molar-refractivity contribution is -0.116. The van der Waals surface area contributed by atoms with Gasteiger partial charge in [-0.25, -0.2) is 0 Å². The van der Waals surface area contributed by atoms with Crippen LogP contribution in [0.5, 0.6) is 0 Å². The summed E-state index contributed by atoms with van der Waals surface area (Å²) in [6, 6.07) is 7.32. The Labute approximate surface area is 127 Å². The van der Waals surface area contributed by atoms with Crippen molar-refractivity contribution < 1.29 is 4.79 Å². The standard InChI is InChI=1S/C17H27N3O/c1-14-5-3-10-20(12-9-14)11-4-8-17(21)19-16-7-2-6-15(18)13-16/h2,6-7,13-14H,3-5,8-12,18H2,1H3,(H,19,21). The summed E-state index contributed by atoms with van der Waals surface area (Å²) in [6.45, 7) is 5.72. The smallest absolute Gasteiger partial charge is 0.224 e. The third kappa shape index (κ3) is 5.76. The molecule has 0 bridgehead atoms. The molecule has 1 heterocycles. The molecule has 1 aliphatic rings. The van der Waals surface area contributed by atoms with E-state index in [0.717, 1.165) is 24.6 Å². The lowest BCUT2D eigenvalue weighted by Gasteiger charge is -2.19. The number of likely N-dealkylation sites (tertiary alicyclic amines) is 1. The van der Waals surface area contributed by atoms with E-state index in [0.29, 0.717) is 12.1 Å². The van der Waals surface area contributed by atoms with E-state index in [1.165, 1.54) is 32.4 Å². The quantitative estimate of drug-likeness (QED) is 0.819. The van der Waals surface area contributed by atoms with E-state index in [9.17, 15) is 4.79 Å². The van der Waals surface area contributed by atoms with Gasteiger partial charge in [0, 0.05) is 17.8 Å². The van der Waals surface area contributed by atoms with E-state index in [1.54, 1.807) is 6.07 Å². The van der Waals surface area contributed by atoms with Crippen LogP contribution in [0.1, 0.15) is 39.0 Å². The molecule has 1 unspecified atom stereocenters. The van der Waals surface area contributed by atoms with Crippen LogP contribution >= 0.6 is 0 Å². The van der Waals surface area contributed by atoms with Gasteiger partial charge in [0.2, 0.25) is 5.91 Å². The van der Waals surface area contributed by atoms with Crippen molar-refractivity contribution in [1.29, 1.82) is 0 Å². The van der Waals surface area contributed by atoms with Gasteiger partial charge in [0.1, 0.15) is 0 Å². The summed E-state index contributed by atoms with van der Waals surface area (Å²) in [4.78, 5) is 14.4. The highest BCUT2D eigenvalue weighted by Crippen LogP contribution is 2.17. The maximum Gasteiger partial charge on any atom is 0.224 e. The topological polar surface area (TPSA) is 58.4 Å². The first-order valence-corrected chi connectivity index (χ1v) is 8.01. The zero-order valence-corrected chi connectivity index (χ0v) is 13.0. The maximum absolute atomic E-state index is 11.9. The summed E-state index contributed by atoms with van der Waals surface area (Å²) in [7, 11) is 0. The summed E-state index contributed by atoms with van der Waals surface area (Å²) in [5.41, 5.74) is 7.15. The first-order chi connectivity index (χ1) is 10.1. The van der Waals surface area contributed by atoms with Gasteiger partial charge < -0.3 is 16.0 Å². The normalized spacial score (nSPS) is 20.0. The molecule has 1 saturated heterocycles. The van der Waals surface area contributed by atoms with Crippen molar-refractivity contribution >= 4 is 17.3 Å². The predicted octanol–water partition coefficient (Wildman–Crippen LogP) is 3.11. The summed E-state index contributed by atoms with van der Waals surface area (Å²) < 4.78 is 0. The van der Waals surface area contributed by atoms with Gasteiger partial charge in [0.05, 0.1) is 0 Å². The molecule has 0 aromatic heterocycles. The van der Waals surface area contributed by atoms with Crippen molar-refractivity contribution in [3.05, 3.63) is 24.3 Å². The molecule has 3 N–H and O–H groups in total. The monoisotopic (exact) mass is 289 g/mol. The summed E-state index contributed by atoms with van der Waals surface area (Å²) in [6.07, 6.45) is 5.40. The number of carbonyl (C=O) groups excluding carboxylic acids is 1. The lowest BCUT2D eigenvalue weighted by Crippen LogP contribution is -2.26. The number of nitrogens with one attached hydrogen (secondary N) is 1. The number of anilines is 2. The van der Waals surface area contributed by atoms with Crippen LogP contribution in [0.3, 0.4) is 0 Å². The second kappa shape index (κ2) is 8.03. The van der Waals surface area contributed by atoms with Crippen molar-refractivity contribution in [1.82, 2.24) is 4.90 Å². The Morgan fingerprint density at radius 2 is 2.24 bits per heavy atom. The Hall–Kier alpha value is -1.55. The molecule has 1 amide bonds. The highest BCUT2D eigenvalue weighted by Gasteiger charge is 2.13. The van der Waals surface area contributed by atoms with Crippen LogP contribution < -0.4 is 11.1 Å². The molecule has 2 rings (SSSR count). The zero-order chi connectivity index (χ0) is 15.1. The van der Waals surface area contributed by atoms with E-state index < -0.39 is 0 Å². The van der Waals surface area contributed by atoms with Crippen molar-refractivity contribution in [2.75, 3.05) is 30.7 Å². The lowest BCUT2D eigenvalue weighted by atomic mass is 10.0. The second-order valence-electron chi connectivity index (χ2n) is 6.15. The summed E-state index contributed by atoms with van der Waals surface area (Å²) >= 11 is 0. The predicted molar refractivity (Wildman–Crippen MR) is 88.2 cm³/mol. The minimum absolute atomic E-state index is 0.0730. The minimum Gasteiger partial charge on any atom is -0.399 e. The average Bonchev–Trinajstić information content (AvgIpc) is 2.64. The Kier molecular flexibility index (Phi) is 6.05. The van der Waals surface area contributed by atoms with Crippen LogP contribution in [-0.4, -0.2) is 30.4 Å². The molecule has 116 valence electrons. The van der Waals surface area contributed by atoms with Crippen LogP contribution in [-0.2, 0) is 4.79 Å². The highest BCUT2D eigenvalue weighted by atomic mass is 16.1. The van der Waals surface area contributed by atoms with Gasteiger partial charge in [-0.2, -0.15) is 0 Å². The van der Waals surface area contributed by atoms with Crippen molar-refractivity contribution in [3.8, 4) is 0 Å². The second-order valence-corrected chi connectivity index (χ2v) is 6.15. The van der Waals surface area contributed by atoms with Crippen LogP contribution in [0.15, 0.2) is 24.3 Å². The van der Waals surface area contributed by atoms with Crippen molar-refractivity contribution in [2.45, 2.75) is 39.0 Å². The summed E-state index contributed by atoms with van der Waals surface area (Å²) in [5.74, 6) is 0.922. The molecule has 21 heavy (non-hydrogen) atoms. The van der Waals surface area contributed by atoms with E-state index in [1.807, 2.05) is 18.2 Å². The molecule has 1 fully saturated rings. The molecule has 1 aromatic rings. The maximum atomic E-state index is 11.9. The number of nitrogen functional groups attached to an aromatic ring is 1. The first-order valence-electron chi connectivity index (χ1n) is 8.01. The number of nitrogens with two attached hydrogens (primary N) is 1. The van der Waals surface area contributed by atoms with Crippen LogP contribution in [0.4, 0.5) is 11.4 Å². The molecule has 0 saturated carbocycles. The molecule has 0 spiro atoms. The molecule has 1 aliphatic heterocycles. The van der Waals surface area contributed by atoms with Gasteiger partial charge in [-0.3, -0.25) is 4.79 Å². The molecule has 1 aromatic carbocycles. The number of benzene rings is 1.